The van der Waals surface area contributed by atoms with Crippen molar-refractivity contribution < 1.29 is 13.6 Å². The summed E-state index contributed by atoms with van der Waals surface area (Å²) in [6.07, 6.45) is 1.93. The molecular formula is C12H12ClF2NO. The number of amides is 1. The van der Waals surface area contributed by atoms with Crippen LogP contribution in [0.3, 0.4) is 0 Å². The number of likely N-dealkylation sites (tertiary alicyclic amines) is 1. The van der Waals surface area contributed by atoms with Crippen LogP contribution in [0, 0.1) is 11.6 Å². The highest BCUT2D eigenvalue weighted by molar-refractivity contribution is 6.30. The van der Waals surface area contributed by atoms with E-state index in [0.29, 0.717) is 18.7 Å². The van der Waals surface area contributed by atoms with Crippen LogP contribution in [0.2, 0.25) is 0 Å². The smallest absolute Gasteiger partial charge is 0.245 e. The highest BCUT2D eigenvalue weighted by atomic mass is 35.5. The second-order valence-corrected chi connectivity index (χ2v) is 4.50. The number of halogens is 3. The van der Waals surface area contributed by atoms with Gasteiger partial charge in [0.2, 0.25) is 5.91 Å². The molecular weight excluding hydrogens is 248 g/mol. The Hall–Kier alpha value is -1.16. The van der Waals surface area contributed by atoms with Crippen LogP contribution in [0.5, 0.6) is 0 Å². The number of alkyl halides is 1. The summed E-state index contributed by atoms with van der Waals surface area (Å²) in [5.41, 5.74) is 0.294. The molecule has 1 amide bonds. The SMILES string of the molecule is O=C(C(Cl)c1ccc(F)c(F)c1)N1CCCC1. The molecule has 92 valence electrons. The van der Waals surface area contributed by atoms with E-state index in [1.54, 1.807) is 4.90 Å². The topological polar surface area (TPSA) is 20.3 Å². The molecule has 0 bridgehead atoms. The third-order valence-corrected chi connectivity index (χ3v) is 3.31. The Bertz CT molecular complexity index is 433. The normalized spacial score (nSPS) is 17.2. The van der Waals surface area contributed by atoms with Crippen molar-refractivity contribution in [3.8, 4) is 0 Å². The monoisotopic (exact) mass is 259 g/mol. The maximum Gasteiger partial charge on any atom is 0.245 e. The number of hydrogen-bond donors (Lipinski definition) is 0. The Kier molecular flexibility index (Phi) is 3.62. The lowest BCUT2D eigenvalue weighted by atomic mass is 10.1. The lowest BCUT2D eigenvalue weighted by Crippen LogP contribution is -2.30. The lowest BCUT2D eigenvalue weighted by molar-refractivity contribution is -0.129. The average Bonchev–Trinajstić information content (AvgIpc) is 2.84. The summed E-state index contributed by atoms with van der Waals surface area (Å²) in [5.74, 6) is -2.16. The highest BCUT2D eigenvalue weighted by Gasteiger charge is 2.26. The van der Waals surface area contributed by atoms with E-state index in [4.69, 9.17) is 11.6 Å². The predicted molar refractivity (Wildman–Crippen MR) is 60.8 cm³/mol. The molecule has 5 heteroatoms. The van der Waals surface area contributed by atoms with Gasteiger partial charge in [-0.2, -0.15) is 0 Å². The maximum absolute atomic E-state index is 13.0. The fourth-order valence-electron chi connectivity index (χ4n) is 1.91. The predicted octanol–water partition coefficient (Wildman–Crippen LogP) is 2.87. The molecule has 1 saturated heterocycles. The van der Waals surface area contributed by atoms with E-state index in [0.717, 1.165) is 25.0 Å². The maximum atomic E-state index is 13.0. The Balaban J connectivity index is 2.15. The summed E-state index contributed by atoms with van der Waals surface area (Å²) >= 11 is 5.98. The van der Waals surface area contributed by atoms with E-state index in [9.17, 15) is 13.6 Å². The first-order valence-corrected chi connectivity index (χ1v) is 5.91. The molecule has 1 unspecified atom stereocenters. The zero-order valence-electron chi connectivity index (χ0n) is 9.13. The summed E-state index contributed by atoms with van der Waals surface area (Å²) in [5, 5.41) is -0.941. The minimum Gasteiger partial charge on any atom is -0.341 e. The second kappa shape index (κ2) is 5.00. The first-order valence-electron chi connectivity index (χ1n) is 5.47. The van der Waals surface area contributed by atoms with Crippen LogP contribution in [0.25, 0.3) is 0 Å². The summed E-state index contributed by atoms with van der Waals surface area (Å²) in [4.78, 5) is 13.6. The van der Waals surface area contributed by atoms with Crippen LogP contribution in [-0.2, 0) is 4.79 Å². The molecule has 0 aromatic heterocycles. The molecule has 2 rings (SSSR count). The zero-order chi connectivity index (χ0) is 12.4. The molecule has 2 nitrogen and oxygen atoms in total. The molecule has 1 aromatic carbocycles. The van der Waals surface area contributed by atoms with Crippen molar-refractivity contribution in [2.75, 3.05) is 13.1 Å². The van der Waals surface area contributed by atoms with E-state index < -0.39 is 17.0 Å². The van der Waals surface area contributed by atoms with Crippen molar-refractivity contribution in [3.05, 3.63) is 35.4 Å². The zero-order valence-corrected chi connectivity index (χ0v) is 9.88. The van der Waals surface area contributed by atoms with Gasteiger partial charge in [-0.15, -0.1) is 11.6 Å². The van der Waals surface area contributed by atoms with Gasteiger partial charge in [0.1, 0.15) is 5.38 Å². The van der Waals surface area contributed by atoms with E-state index in [-0.39, 0.29) is 5.91 Å². The van der Waals surface area contributed by atoms with Gasteiger partial charge in [-0.25, -0.2) is 8.78 Å². The molecule has 17 heavy (non-hydrogen) atoms. The number of benzene rings is 1. The average molecular weight is 260 g/mol. The van der Waals surface area contributed by atoms with E-state index in [1.165, 1.54) is 6.07 Å². The standard InChI is InChI=1S/C12H12ClF2NO/c13-11(12(17)16-5-1-2-6-16)8-3-4-9(14)10(15)7-8/h3-4,7,11H,1-2,5-6H2. The Labute approximate surface area is 103 Å². The molecule has 0 saturated carbocycles. The number of carbonyl (C=O) groups excluding carboxylic acids is 1. The van der Waals surface area contributed by atoms with Crippen LogP contribution in [0.4, 0.5) is 8.78 Å². The van der Waals surface area contributed by atoms with Gasteiger partial charge in [-0.3, -0.25) is 4.79 Å². The van der Waals surface area contributed by atoms with Gasteiger partial charge in [0.05, 0.1) is 0 Å². The van der Waals surface area contributed by atoms with Crippen LogP contribution >= 0.6 is 11.6 Å². The van der Waals surface area contributed by atoms with Crippen molar-refractivity contribution in [2.24, 2.45) is 0 Å². The quantitative estimate of drug-likeness (QED) is 0.748. The molecule has 0 spiro atoms. The van der Waals surface area contributed by atoms with E-state index in [1.807, 2.05) is 0 Å². The number of rotatable bonds is 2. The van der Waals surface area contributed by atoms with Crippen molar-refractivity contribution >= 4 is 17.5 Å². The summed E-state index contributed by atoms with van der Waals surface area (Å²) in [6.45, 7) is 1.37. The molecule has 0 N–H and O–H groups in total. The Morgan fingerprint density at radius 1 is 1.24 bits per heavy atom. The first kappa shape index (κ1) is 12.3. The van der Waals surface area contributed by atoms with Gasteiger partial charge in [-0.1, -0.05) is 6.07 Å². The van der Waals surface area contributed by atoms with Crippen LogP contribution in [-0.4, -0.2) is 23.9 Å². The minimum absolute atomic E-state index is 0.241. The number of carbonyl (C=O) groups is 1. The molecule has 1 aromatic rings. The molecule has 1 atom stereocenters. The number of nitrogens with zero attached hydrogens (tertiary/aromatic N) is 1. The third-order valence-electron chi connectivity index (χ3n) is 2.87. The summed E-state index contributed by atoms with van der Waals surface area (Å²) in [6, 6.07) is 3.29. The third kappa shape index (κ3) is 2.57. The first-order chi connectivity index (χ1) is 8.09. The minimum atomic E-state index is -0.984. The Morgan fingerprint density at radius 3 is 2.47 bits per heavy atom. The van der Waals surface area contributed by atoms with E-state index >= 15 is 0 Å². The van der Waals surface area contributed by atoms with Gasteiger partial charge in [0.15, 0.2) is 11.6 Å². The van der Waals surface area contributed by atoms with Gasteiger partial charge in [0, 0.05) is 13.1 Å². The fourth-order valence-corrected chi connectivity index (χ4v) is 2.18. The highest BCUT2D eigenvalue weighted by Crippen LogP contribution is 2.26. The summed E-state index contributed by atoms with van der Waals surface area (Å²) in [7, 11) is 0. The molecule has 1 aliphatic rings. The van der Waals surface area contributed by atoms with Crippen molar-refractivity contribution in [1.82, 2.24) is 4.90 Å². The van der Waals surface area contributed by atoms with Crippen LogP contribution < -0.4 is 0 Å². The molecule has 0 aliphatic carbocycles. The fraction of sp³-hybridized carbons (Fsp3) is 0.417. The van der Waals surface area contributed by atoms with Crippen molar-refractivity contribution in [1.29, 1.82) is 0 Å². The van der Waals surface area contributed by atoms with Crippen molar-refractivity contribution in [3.63, 3.8) is 0 Å². The van der Waals surface area contributed by atoms with Gasteiger partial charge >= 0.3 is 0 Å². The van der Waals surface area contributed by atoms with E-state index in [2.05, 4.69) is 0 Å². The molecule has 1 aliphatic heterocycles. The lowest BCUT2D eigenvalue weighted by Gasteiger charge is -2.19. The molecule has 1 heterocycles. The van der Waals surface area contributed by atoms with Gasteiger partial charge in [0.25, 0.3) is 0 Å². The number of hydrogen-bond acceptors (Lipinski definition) is 1. The Morgan fingerprint density at radius 2 is 1.88 bits per heavy atom. The van der Waals surface area contributed by atoms with Crippen molar-refractivity contribution in [2.45, 2.75) is 18.2 Å². The van der Waals surface area contributed by atoms with Crippen LogP contribution in [0.15, 0.2) is 18.2 Å². The van der Waals surface area contributed by atoms with Gasteiger partial charge in [-0.05, 0) is 30.5 Å². The largest absolute Gasteiger partial charge is 0.341 e. The summed E-state index contributed by atoms with van der Waals surface area (Å²) < 4.78 is 25.8. The van der Waals surface area contributed by atoms with Crippen LogP contribution in [0.1, 0.15) is 23.8 Å². The second-order valence-electron chi connectivity index (χ2n) is 4.07. The molecule has 0 radical (unpaired) electrons. The molecule has 1 fully saturated rings. The van der Waals surface area contributed by atoms with Gasteiger partial charge < -0.3 is 4.90 Å².